The molecule has 0 atom stereocenters. The Hall–Kier alpha value is -2.24. The highest BCUT2D eigenvalue weighted by molar-refractivity contribution is 5.76. The fourth-order valence-corrected chi connectivity index (χ4v) is 4.28. The quantitative estimate of drug-likeness (QED) is 0.746. The monoisotopic (exact) mass is 395 g/mol. The Balaban J connectivity index is 1.20. The van der Waals surface area contributed by atoms with Crippen LogP contribution in [0.2, 0.25) is 0 Å². The third kappa shape index (κ3) is 5.43. The summed E-state index contributed by atoms with van der Waals surface area (Å²) in [6, 6.07) is 17.0. The minimum absolute atomic E-state index is 0.143. The number of piperazine rings is 1. The molecule has 0 radical (unpaired) electrons. The summed E-state index contributed by atoms with van der Waals surface area (Å²) < 4.78 is 13.4. The van der Waals surface area contributed by atoms with Gasteiger partial charge in [-0.1, -0.05) is 42.5 Å². The van der Waals surface area contributed by atoms with Gasteiger partial charge in [0.25, 0.3) is 0 Å². The molecular formula is C24H30FN3O. The molecule has 4 nitrogen and oxygen atoms in total. The van der Waals surface area contributed by atoms with E-state index in [0.717, 1.165) is 64.1 Å². The lowest BCUT2D eigenvalue weighted by atomic mass is 10.1. The number of rotatable bonds is 8. The molecule has 2 aromatic rings. The molecule has 2 fully saturated rings. The molecule has 4 rings (SSSR count). The Labute approximate surface area is 172 Å². The van der Waals surface area contributed by atoms with Gasteiger partial charge >= 0.3 is 0 Å². The number of amides is 1. The van der Waals surface area contributed by atoms with Crippen molar-refractivity contribution in [3.8, 4) is 0 Å². The van der Waals surface area contributed by atoms with Gasteiger partial charge in [0.15, 0.2) is 0 Å². The summed E-state index contributed by atoms with van der Waals surface area (Å²) in [5.41, 5.74) is 2.40. The van der Waals surface area contributed by atoms with E-state index in [-0.39, 0.29) is 17.3 Å². The van der Waals surface area contributed by atoms with E-state index in [1.54, 1.807) is 12.1 Å². The van der Waals surface area contributed by atoms with E-state index >= 15 is 0 Å². The van der Waals surface area contributed by atoms with Crippen molar-refractivity contribution in [2.45, 2.75) is 37.8 Å². The fraction of sp³-hybridized carbons (Fsp3) is 0.458. The van der Waals surface area contributed by atoms with Crippen molar-refractivity contribution in [1.29, 1.82) is 0 Å². The molecular weight excluding hydrogens is 365 g/mol. The van der Waals surface area contributed by atoms with E-state index < -0.39 is 0 Å². The van der Waals surface area contributed by atoms with Crippen molar-refractivity contribution in [3.63, 3.8) is 0 Å². The van der Waals surface area contributed by atoms with E-state index in [2.05, 4.69) is 27.2 Å². The molecule has 2 aliphatic rings. The molecule has 29 heavy (non-hydrogen) atoms. The first kappa shape index (κ1) is 20.0. The maximum Gasteiger partial charge on any atom is 0.220 e. The first-order valence-electron chi connectivity index (χ1n) is 10.7. The molecule has 1 N–H and O–H groups in total. The fourth-order valence-electron chi connectivity index (χ4n) is 4.28. The largest absolute Gasteiger partial charge is 0.354 e. The number of hydrogen-bond donors (Lipinski definition) is 1. The summed E-state index contributed by atoms with van der Waals surface area (Å²) in [5, 5.41) is 3.17. The van der Waals surface area contributed by atoms with Crippen LogP contribution in [-0.2, 0) is 17.8 Å². The predicted molar refractivity (Wildman–Crippen MR) is 113 cm³/mol. The van der Waals surface area contributed by atoms with E-state index in [0.29, 0.717) is 6.42 Å². The highest BCUT2D eigenvalue weighted by Gasteiger charge is 2.48. The molecule has 1 aliphatic carbocycles. The van der Waals surface area contributed by atoms with Gasteiger partial charge in [0, 0.05) is 51.2 Å². The lowest BCUT2D eigenvalue weighted by Gasteiger charge is -2.40. The van der Waals surface area contributed by atoms with E-state index in [1.807, 2.05) is 24.3 Å². The summed E-state index contributed by atoms with van der Waals surface area (Å²) in [6.07, 6.45) is 3.66. The summed E-state index contributed by atoms with van der Waals surface area (Å²) in [4.78, 5) is 17.2. The second-order valence-corrected chi connectivity index (χ2v) is 8.38. The van der Waals surface area contributed by atoms with Crippen LogP contribution in [-0.4, -0.2) is 54.0 Å². The number of carbonyl (C=O) groups is 1. The van der Waals surface area contributed by atoms with Gasteiger partial charge in [-0.2, -0.15) is 0 Å². The smallest absolute Gasteiger partial charge is 0.220 e. The Morgan fingerprint density at radius 1 is 0.966 bits per heavy atom. The maximum absolute atomic E-state index is 13.4. The second kappa shape index (κ2) is 9.06. The van der Waals surface area contributed by atoms with E-state index in [1.165, 1.54) is 11.6 Å². The van der Waals surface area contributed by atoms with Gasteiger partial charge in [0.2, 0.25) is 5.91 Å². The molecule has 2 aromatic carbocycles. The number of hydrogen-bond acceptors (Lipinski definition) is 3. The number of aryl methyl sites for hydroxylation is 1. The van der Waals surface area contributed by atoms with Gasteiger partial charge in [0.05, 0.1) is 0 Å². The van der Waals surface area contributed by atoms with Gasteiger partial charge in [0.1, 0.15) is 5.82 Å². The molecule has 0 spiro atoms. The number of nitrogens with one attached hydrogen (secondary N) is 1. The zero-order valence-electron chi connectivity index (χ0n) is 16.9. The van der Waals surface area contributed by atoms with Gasteiger partial charge in [-0.05, 0) is 42.5 Å². The van der Waals surface area contributed by atoms with Crippen LogP contribution in [0.5, 0.6) is 0 Å². The van der Waals surface area contributed by atoms with Crippen molar-refractivity contribution in [3.05, 3.63) is 71.5 Å². The molecule has 1 saturated carbocycles. The second-order valence-electron chi connectivity index (χ2n) is 8.38. The topological polar surface area (TPSA) is 35.6 Å². The normalized spacial score (nSPS) is 19.1. The SMILES string of the molecule is O=C(CCc1ccccc1)NCC1(N2CCN(Cc3cccc(F)c3)CC2)CC1. The summed E-state index contributed by atoms with van der Waals surface area (Å²) >= 11 is 0. The van der Waals surface area contributed by atoms with Crippen molar-refractivity contribution in [2.75, 3.05) is 32.7 Å². The lowest BCUT2D eigenvalue weighted by Crippen LogP contribution is -2.54. The van der Waals surface area contributed by atoms with Crippen LogP contribution >= 0.6 is 0 Å². The van der Waals surface area contributed by atoms with Crippen LogP contribution in [0, 0.1) is 5.82 Å². The number of nitrogens with zero attached hydrogens (tertiary/aromatic N) is 2. The Morgan fingerprint density at radius 2 is 1.69 bits per heavy atom. The van der Waals surface area contributed by atoms with Crippen LogP contribution in [0.15, 0.2) is 54.6 Å². The average Bonchev–Trinajstić information content (AvgIpc) is 3.53. The van der Waals surface area contributed by atoms with Crippen LogP contribution in [0.25, 0.3) is 0 Å². The third-order valence-corrected chi connectivity index (χ3v) is 6.26. The van der Waals surface area contributed by atoms with Crippen LogP contribution in [0.3, 0.4) is 0 Å². The zero-order chi connectivity index (χ0) is 20.1. The van der Waals surface area contributed by atoms with Crippen molar-refractivity contribution in [2.24, 2.45) is 0 Å². The molecule has 5 heteroatoms. The van der Waals surface area contributed by atoms with Crippen molar-refractivity contribution in [1.82, 2.24) is 15.1 Å². The molecule has 154 valence electrons. The van der Waals surface area contributed by atoms with Gasteiger partial charge < -0.3 is 5.32 Å². The lowest BCUT2D eigenvalue weighted by molar-refractivity contribution is -0.121. The standard InChI is InChI=1S/C24H30FN3O/c25-22-8-4-7-21(17-22)18-27-13-15-28(16-14-27)24(11-12-24)19-26-23(29)10-9-20-5-2-1-3-6-20/h1-8,17H,9-16,18-19H2,(H,26,29). The van der Waals surface area contributed by atoms with Crippen LogP contribution in [0.4, 0.5) is 4.39 Å². The molecule has 0 bridgehead atoms. The van der Waals surface area contributed by atoms with E-state index in [9.17, 15) is 9.18 Å². The molecule has 0 unspecified atom stereocenters. The summed E-state index contributed by atoms with van der Waals surface area (Å²) in [6.45, 7) is 5.55. The first-order chi connectivity index (χ1) is 14.1. The van der Waals surface area contributed by atoms with Gasteiger partial charge in [-0.3, -0.25) is 14.6 Å². The summed E-state index contributed by atoms with van der Waals surface area (Å²) in [7, 11) is 0. The highest BCUT2D eigenvalue weighted by Crippen LogP contribution is 2.41. The number of carbonyl (C=O) groups excluding carboxylic acids is 1. The summed E-state index contributed by atoms with van der Waals surface area (Å²) in [5.74, 6) is -0.0223. The minimum atomic E-state index is -0.166. The minimum Gasteiger partial charge on any atom is -0.354 e. The van der Waals surface area contributed by atoms with Crippen LogP contribution in [0.1, 0.15) is 30.4 Å². The highest BCUT2D eigenvalue weighted by atomic mass is 19.1. The predicted octanol–water partition coefficient (Wildman–Crippen LogP) is 3.22. The average molecular weight is 396 g/mol. The number of benzene rings is 2. The molecule has 1 aliphatic heterocycles. The number of halogens is 1. The Bertz CT molecular complexity index is 814. The zero-order valence-corrected chi connectivity index (χ0v) is 16.9. The molecule has 0 aromatic heterocycles. The molecule has 1 heterocycles. The van der Waals surface area contributed by atoms with Gasteiger partial charge in [-0.15, -0.1) is 0 Å². The van der Waals surface area contributed by atoms with Crippen molar-refractivity contribution >= 4 is 5.91 Å². The third-order valence-electron chi connectivity index (χ3n) is 6.26. The van der Waals surface area contributed by atoms with Crippen molar-refractivity contribution < 1.29 is 9.18 Å². The molecule has 1 saturated heterocycles. The maximum atomic E-state index is 13.4. The van der Waals surface area contributed by atoms with Gasteiger partial charge in [-0.25, -0.2) is 4.39 Å². The molecule has 1 amide bonds. The van der Waals surface area contributed by atoms with E-state index in [4.69, 9.17) is 0 Å². The Morgan fingerprint density at radius 3 is 2.38 bits per heavy atom. The first-order valence-corrected chi connectivity index (χ1v) is 10.7. The van der Waals surface area contributed by atoms with Crippen LogP contribution < -0.4 is 5.32 Å². The Kier molecular flexibility index (Phi) is 6.26.